The molecule has 2 saturated heterocycles. The van der Waals surface area contributed by atoms with Crippen LogP contribution in [0.2, 0.25) is 0 Å². The molecule has 4 atom stereocenters. The highest BCUT2D eigenvalue weighted by Crippen LogP contribution is 2.18. The molecule has 2 aliphatic rings. The van der Waals surface area contributed by atoms with Crippen molar-refractivity contribution in [1.29, 1.82) is 0 Å². The topological polar surface area (TPSA) is 86.7 Å². The number of esters is 1. The average Bonchev–Trinajstić information content (AvgIpc) is 3.11. The lowest BCUT2D eigenvalue weighted by Gasteiger charge is -2.07. The van der Waals surface area contributed by atoms with Crippen LogP contribution in [0.5, 0.6) is 0 Å². The summed E-state index contributed by atoms with van der Waals surface area (Å²) < 4.78 is 33.7. The molecule has 0 N–H and O–H groups in total. The molecule has 2 heterocycles. The van der Waals surface area contributed by atoms with Gasteiger partial charge >= 0.3 is 5.97 Å². The highest BCUT2D eigenvalue weighted by molar-refractivity contribution is 7.85. The van der Waals surface area contributed by atoms with Crippen molar-refractivity contribution in [2.24, 2.45) is 11.8 Å². The molecular weight excluding hydrogens is 340 g/mol. The predicted molar refractivity (Wildman–Crippen MR) is 88.0 cm³/mol. The lowest BCUT2D eigenvalue weighted by Crippen LogP contribution is -2.16. The minimum absolute atomic E-state index is 0.0979. The van der Waals surface area contributed by atoms with Crippen LogP contribution in [0.15, 0.2) is 0 Å². The maximum absolute atomic E-state index is 11.9. The van der Waals surface area contributed by atoms with Gasteiger partial charge in [-0.1, -0.05) is 0 Å². The average molecular weight is 364 g/mol. The Morgan fingerprint density at radius 2 is 1.61 bits per heavy atom. The summed E-state index contributed by atoms with van der Waals surface area (Å²) >= 11 is 0. The molecule has 2 rings (SSSR count). The third kappa shape index (κ3) is 6.43. The first-order valence-corrected chi connectivity index (χ1v) is 11.0. The molecule has 0 spiro atoms. The highest BCUT2D eigenvalue weighted by atomic mass is 32.2. The second-order valence-electron chi connectivity index (χ2n) is 5.96. The van der Waals surface area contributed by atoms with Crippen molar-refractivity contribution in [1.82, 2.24) is 0 Å². The molecule has 0 bridgehead atoms. The van der Waals surface area contributed by atoms with Gasteiger partial charge in [-0.2, -0.15) is 0 Å². The molecule has 2 fully saturated rings. The zero-order valence-corrected chi connectivity index (χ0v) is 14.8. The van der Waals surface area contributed by atoms with Crippen LogP contribution in [0.4, 0.5) is 0 Å². The maximum Gasteiger partial charge on any atom is 0.309 e. The number of hydrogen-bond donors (Lipinski definition) is 0. The molecule has 8 heteroatoms. The number of rotatable bonds is 10. The Morgan fingerprint density at radius 3 is 2.13 bits per heavy atom. The second kappa shape index (κ2) is 9.64. The summed E-state index contributed by atoms with van der Waals surface area (Å²) in [6.07, 6.45) is 2.59. The Bertz CT molecular complexity index is 437. The number of carbonyl (C=O) groups excluding carboxylic acids is 2. The molecule has 4 unspecified atom stereocenters. The van der Waals surface area contributed by atoms with Gasteiger partial charge in [0.1, 0.15) is 6.61 Å². The van der Waals surface area contributed by atoms with Crippen LogP contribution in [0, 0.1) is 11.8 Å². The van der Waals surface area contributed by atoms with Gasteiger partial charge in [0.15, 0.2) is 5.78 Å². The van der Waals surface area contributed by atoms with E-state index in [2.05, 4.69) is 0 Å². The molecule has 0 aromatic heterocycles. The molecule has 0 saturated carbocycles. The summed E-state index contributed by atoms with van der Waals surface area (Å²) in [5.74, 6) is 1.76. The van der Waals surface area contributed by atoms with E-state index in [4.69, 9.17) is 9.47 Å². The quantitative estimate of drug-likeness (QED) is 0.523. The molecule has 6 nitrogen and oxygen atoms in total. The first-order valence-electron chi connectivity index (χ1n) is 8.03. The molecule has 0 aromatic carbocycles. The van der Waals surface area contributed by atoms with Crippen LogP contribution in [-0.4, -0.2) is 63.0 Å². The zero-order chi connectivity index (χ0) is 16.7. The smallest absolute Gasteiger partial charge is 0.309 e. The summed E-state index contributed by atoms with van der Waals surface area (Å²) in [7, 11) is -1.95. The lowest BCUT2D eigenvalue weighted by atomic mass is 10.1. The Labute approximate surface area is 141 Å². The van der Waals surface area contributed by atoms with Crippen LogP contribution in [0.3, 0.4) is 0 Å². The van der Waals surface area contributed by atoms with Crippen molar-refractivity contribution in [2.75, 3.05) is 42.8 Å². The molecule has 0 radical (unpaired) electrons. The van der Waals surface area contributed by atoms with Crippen molar-refractivity contribution in [2.45, 2.75) is 25.7 Å². The van der Waals surface area contributed by atoms with E-state index in [1.807, 2.05) is 0 Å². The monoisotopic (exact) mass is 364 g/mol. The van der Waals surface area contributed by atoms with Crippen LogP contribution >= 0.6 is 0 Å². The summed E-state index contributed by atoms with van der Waals surface area (Å²) in [6.45, 7) is 1.11. The summed E-state index contributed by atoms with van der Waals surface area (Å²) in [5, 5.41) is 0. The van der Waals surface area contributed by atoms with Crippen LogP contribution in [-0.2, 0) is 40.7 Å². The SMILES string of the molecule is O=C1COCC1CCS(=O)CCCS(=O)CCC1CCOC1=O. The number of cyclic esters (lactones) is 1. The third-order valence-electron chi connectivity index (χ3n) is 4.19. The predicted octanol–water partition coefficient (Wildman–Crippen LogP) is 0.433. The fourth-order valence-electron chi connectivity index (χ4n) is 2.69. The minimum Gasteiger partial charge on any atom is -0.465 e. The van der Waals surface area contributed by atoms with Gasteiger partial charge in [0.05, 0.1) is 19.1 Å². The highest BCUT2D eigenvalue weighted by Gasteiger charge is 2.27. The van der Waals surface area contributed by atoms with Crippen LogP contribution in [0.25, 0.3) is 0 Å². The van der Waals surface area contributed by atoms with Gasteiger partial charge in [0.25, 0.3) is 0 Å². The third-order valence-corrected chi connectivity index (χ3v) is 7.06. The number of carbonyl (C=O) groups is 2. The van der Waals surface area contributed by atoms with E-state index in [9.17, 15) is 18.0 Å². The van der Waals surface area contributed by atoms with Crippen molar-refractivity contribution in [3.63, 3.8) is 0 Å². The maximum atomic E-state index is 11.9. The van der Waals surface area contributed by atoms with Crippen LogP contribution < -0.4 is 0 Å². The molecular formula is C15H24O6S2. The first-order chi connectivity index (χ1) is 11.1. The van der Waals surface area contributed by atoms with Gasteiger partial charge in [-0.15, -0.1) is 0 Å². The zero-order valence-electron chi connectivity index (χ0n) is 13.2. The van der Waals surface area contributed by atoms with Gasteiger partial charge in [-0.25, -0.2) is 0 Å². The van der Waals surface area contributed by atoms with E-state index >= 15 is 0 Å². The Kier molecular flexibility index (Phi) is 7.85. The van der Waals surface area contributed by atoms with Gasteiger partial charge < -0.3 is 9.47 Å². The first kappa shape index (κ1) is 18.7. The van der Waals surface area contributed by atoms with E-state index in [1.165, 1.54) is 0 Å². The van der Waals surface area contributed by atoms with Crippen molar-refractivity contribution in [3.05, 3.63) is 0 Å². The number of ketones is 1. The summed E-state index contributed by atoms with van der Waals surface area (Å²) in [5.41, 5.74) is 0. The van der Waals surface area contributed by atoms with Gasteiger partial charge in [0.2, 0.25) is 0 Å². The number of hydrogen-bond acceptors (Lipinski definition) is 6. The van der Waals surface area contributed by atoms with E-state index in [1.54, 1.807) is 0 Å². The summed E-state index contributed by atoms with van der Waals surface area (Å²) in [6, 6.07) is 0. The van der Waals surface area contributed by atoms with E-state index < -0.39 is 21.6 Å². The van der Waals surface area contributed by atoms with Gasteiger partial charge in [-0.05, 0) is 25.7 Å². The minimum atomic E-state index is -0.975. The fourth-order valence-corrected chi connectivity index (χ4v) is 5.31. The Hall–Kier alpha value is -0.600. The lowest BCUT2D eigenvalue weighted by molar-refractivity contribution is -0.141. The molecule has 23 heavy (non-hydrogen) atoms. The number of Topliss-reactive ketones (excluding diaryl/α,β-unsaturated/α-hetero) is 1. The standard InChI is InChI=1S/C15H24O6S2/c16-14-11-20-10-13(14)4-9-23(19)7-1-6-22(18)8-3-12-2-5-21-15(12)17/h12-13H,1-11H2. The number of ether oxygens (including phenoxy) is 2. The Morgan fingerprint density at radius 1 is 0.957 bits per heavy atom. The van der Waals surface area contributed by atoms with Gasteiger partial charge in [0, 0.05) is 50.5 Å². The van der Waals surface area contributed by atoms with Crippen molar-refractivity contribution in [3.8, 4) is 0 Å². The molecule has 0 aliphatic carbocycles. The molecule has 132 valence electrons. The van der Waals surface area contributed by atoms with E-state index in [0.717, 1.165) is 6.42 Å². The summed E-state index contributed by atoms with van der Waals surface area (Å²) in [4.78, 5) is 22.7. The molecule has 0 amide bonds. The fraction of sp³-hybridized carbons (Fsp3) is 0.867. The Balaban J connectivity index is 1.51. The molecule has 2 aliphatic heterocycles. The molecule has 0 aromatic rings. The largest absolute Gasteiger partial charge is 0.465 e. The normalized spacial score (nSPS) is 27.1. The second-order valence-corrected chi connectivity index (χ2v) is 9.35. The van der Waals surface area contributed by atoms with E-state index in [0.29, 0.717) is 55.5 Å². The van der Waals surface area contributed by atoms with Crippen LogP contribution in [0.1, 0.15) is 25.7 Å². The van der Waals surface area contributed by atoms with Crippen molar-refractivity contribution >= 4 is 33.4 Å². The van der Waals surface area contributed by atoms with E-state index in [-0.39, 0.29) is 30.2 Å². The van der Waals surface area contributed by atoms with Gasteiger partial charge in [-0.3, -0.25) is 18.0 Å². The van der Waals surface area contributed by atoms with Crippen molar-refractivity contribution < 1.29 is 27.5 Å².